The highest BCUT2D eigenvalue weighted by Gasteiger charge is 2.23. The van der Waals surface area contributed by atoms with Crippen LogP contribution in [0.25, 0.3) is 0 Å². The van der Waals surface area contributed by atoms with Crippen LogP contribution in [0.4, 0.5) is 5.69 Å². The van der Waals surface area contributed by atoms with Gasteiger partial charge in [0.05, 0.1) is 11.4 Å². The Morgan fingerprint density at radius 3 is 2.56 bits per heavy atom. The fourth-order valence-electron chi connectivity index (χ4n) is 1.65. The standard InChI is InChI=1S/C10H13ClN2O2S/c11-9-1-3-10(4-2-9)13-7-5-12-6-8-16(13,14)15/h1-4,12H,5-8H2. The molecular formula is C10H13ClN2O2S. The third-order valence-corrected chi connectivity index (χ3v) is 4.52. The number of halogens is 1. The average Bonchev–Trinajstić information content (AvgIpc) is 2.41. The zero-order chi connectivity index (χ0) is 11.6. The van der Waals surface area contributed by atoms with Gasteiger partial charge in [0.25, 0.3) is 0 Å². The molecule has 1 N–H and O–H groups in total. The number of sulfonamides is 1. The van der Waals surface area contributed by atoms with Crippen LogP contribution in [0.5, 0.6) is 0 Å². The average molecular weight is 261 g/mol. The zero-order valence-corrected chi connectivity index (χ0v) is 10.3. The molecule has 0 aromatic heterocycles. The molecule has 0 spiro atoms. The molecule has 6 heteroatoms. The van der Waals surface area contributed by atoms with Crippen LogP contribution in [0.1, 0.15) is 0 Å². The third-order valence-electron chi connectivity index (χ3n) is 2.48. The van der Waals surface area contributed by atoms with Crippen molar-refractivity contribution in [1.82, 2.24) is 5.32 Å². The number of rotatable bonds is 1. The topological polar surface area (TPSA) is 49.4 Å². The van der Waals surface area contributed by atoms with Gasteiger partial charge in [0.1, 0.15) is 0 Å². The maximum Gasteiger partial charge on any atom is 0.236 e. The van der Waals surface area contributed by atoms with Crippen LogP contribution in [0.15, 0.2) is 24.3 Å². The SMILES string of the molecule is O=S1(=O)CCNCCN1c1ccc(Cl)cc1. The van der Waals surface area contributed by atoms with E-state index >= 15 is 0 Å². The summed E-state index contributed by atoms with van der Waals surface area (Å²) in [5.41, 5.74) is 0.674. The van der Waals surface area contributed by atoms with Gasteiger partial charge in [-0.05, 0) is 24.3 Å². The first-order chi connectivity index (χ1) is 7.59. The van der Waals surface area contributed by atoms with Crippen LogP contribution in [0, 0.1) is 0 Å². The fraction of sp³-hybridized carbons (Fsp3) is 0.400. The van der Waals surface area contributed by atoms with Crippen LogP contribution in [0.3, 0.4) is 0 Å². The number of nitrogens with one attached hydrogen (secondary N) is 1. The Labute approximate surface area is 100 Å². The molecule has 1 aromatic carbocycles. The molecule has 1 aliphatic rings. The van der Waals surface area contributed by atoms with Crippen molar-refractivity contribution in [2.24, 2.45) is 0 Å². The summed E-state index contributed by atoms with van der Waals surface area (Å²) in [6.07, 6.45) is 0. The minimum atomic E-state index is -3.20. The summed E-state index contributed by atoms with van der Waals surface area (Å²) in [4.78, 5) is 0. The minimum absolute atomic E-state index is 0.135. The molecule has 1 aliphatic heterocycles. The number of anilines is 1. The highest BCUT2D eigenvalue weighted by atomic mass is 35.5. The van der Waals surface area contributed by atoms with E-state index in [2.05, 4.69) is 5.32 Å². The molecule has 0 unspecified atom stereocenters. The summed E-state index contributed by atoms with van der Waals surface area (Å²) in [5.74, 6) is 0.135. The van der Waals surface area contributed by atoms with Gasteiger partial charge in [0, 0.05) is 24.7 Å². The van der Waals surface area contributed by atoms with Crippen molar-refractivity contribution in [3.63, 3.8) is 0 Å². The van der Waals surface area contributed by atoms with Gasteiger partial charge in [-0.2, -0.15) is 0 Å². The van der Waals surface area contributed by atoms with Gasteiger partial charge < -0.3 is 5.32 Å². The Kier molecular flexibility index (Phi) is 3.37. The summed E-state index contributed by atoms with van der Waals surface area (Å²) in [5, 5.41) is 3.67. The highest BCUT2D eigenvalue weighted by Crippen LogP contribution is 2.21. The summed E-state index contributed by atoms with van der Waals surface area (Å²) >= 11 is 5.77. The van der Waals surface area contributed by atoms with Crippen molar-refractivity contribution in [1.29, 1.82) is 0 Å². The van der Waals surface area contributed by atoms with Gasteiger partial charge >= 0.3 is 0 Å². The van der Waals surface area contributed by atoms with E-state index in [-0.39, 0.29) is 5.75 Å². The van der Waals surface area contributed by atoms with Crippen LogP contribution in [-0.2, 0) is 10.0 Å². The number of hydrogen-bond donors (Lipinski definition) is 1. The fourth-order valence-corrected chi connectivity index (χ4v) is 3.21. The Morgan fingerprint density at radius 2 is 1.88 bits per heavy atom. The molecule has 0 radical (unpaired) electrons. The summed E-state index contributed by atoms with van der Waals surface area (Å²) in [7, 11) is -3.20. The zero-order valence-electron chi connectivity index (χ0n) is 8.69. The molecule has 1 saturated heterocycles. The monoisotopic (exact) mass is 260 g/mol. The van der Waals surface area contributed by atoms with Crippen molar-refractivity contribution >= 4 is 27.3 Å². The van der Waals surface area contributed by atoms with E-state index in [4.69, 9.17) is 11.6 Å². The smallest absolute Gasteiger partial charge is 0.236 e. The van der Waals surface area contributed by atoms with Crippen molar-refractivity contribution in [3.8, 4) is 0 Å². The first-order valence-corrected chi connectivity index (χ1v) is 7.05. The van der Waals surface area contributed by atoms with Crippen LogP contribution < -0.4 is 9.62 Å². The van der Waals surface area contributed by atoms with Crippen LogP contribution >= 0.6 is 11.6 Å². The van der Waals surface area contributed by atoms with Crippen molar-refractivity contribution in [2.75, 3.05) is 29.7 Å². The summed E-state index contributed by atoms with van der Waals surface area (Å²) in [6, 6.07) is 6.85. The Balaban J connectivity index is 2.33. The molecular weight excluding hydrogens is 248 g/mol. The second-order valence-corrected chi connectivity index (χ2v) is 6.06. The second kappa shape index (κ2) is 4.61. The van der Waals surface area contributed by atoms with Gasteiger partial charge in [-0.25, -0.2) is 8.42 Å². The minimum Gasteiger partial charge on any atom is -0.314 e. The van der Waals surface area contributed by atoms with Crippen LogP contribution in [0.2, 0.25) is 5.02 Å². The first kappa shape index (κ1) is 11.7. The number of hydrogen-bond acceptors (Lipinski definition) is 3. The van der Waals surface area contributed by atoms with E-state index in [9.17, 15) is 8.42 Å². The molecule has 16 heavy (non-hydrogen) atoms. The van der Waals surface area contributed by atoms with Crippen molar-refractivity contribution in [3.05, 3.63) is 29.3 Å². The molecule has 1 heterocycles. The van der Waals surface area contributed by atoms with E-state index in [1.807, 2.05) is 0 Å². The Bertz CT molecular complexity index is 458. The van der Waals surface area contributed by atoms with Crippen molar-refractivity contribution in [2.45, 2.75) is 0 Å². The van der Waals surface area contributed by atoms with Crippen molar-refractivity contribution < 1.29 is 8.42 Å². The molecule has 2 rings (SSSR count). The second-order valence-electron chi connectivity index (χ2n) is 3.61. The lowest BCUT2D eigenvalue weighted by Gasteiger charge is -2.21. The molecule has 1 aromatic rings. The molecule has 88 valence electrons. The van der Waals surface area contributed by atoms with E-state index in [1.54, 1.807) is 24.3 Å². The van der Waals surface area contributed by atoms with E-state index in [0.717, 1.165) is 0 Å². The van der Waals surface area contributed by atoms with Crippen LogP contribution in [-0.4, -0.2) is 33.8 Å². The predicted molar refractivity (Wildman–Crippen MR) is 65.5 cm³/mol. The predicted octanol–water partition coefficient (Wildman–Crippen LogP) is 1.08. The Morgan fingerprint density at radius 1 is 1.19 bits per heavy atom. The molecule has 0 amide bonds. The van der Waals surface area contributed by atoms with E-state index < -0.39 is 10.0 Å². The molecule has 0 bridgehead atoms. The van der Waals surface area contributed by atoms with Gasteiger partial charge in [0.2, 0.25) is 10.0 Å². The normalized spacial score (nSPS) is 20.4. The molecule has 0 atom stereocenters. The number of nitrogens with zero attached hydrogens (tertiary/aromatic N) is 1. The Hall–Kier alpha value is -0.780. The van der Waals surface area contributed by atoms with Gasteiger partial charge in [0.15, 0.2) is 0 Å². The lowest BCUT2D eigenvalue weighted by Crippen LogP contribution is -2.33. The van der Waals surface area contributed by atoms with E-state index in [0.29, 0.717) is 30.3 Å². The number of benzene rings is 1. The molecule has 4 nitrogen and oxygen atoms in total. The van der Waals surface area contributed by atoms with Gasteiger partial charge in [-0.15, -0.1) is 0 Å². The van der Waals surface area contributed by atoms with E-state index in [1.165, 1.54) is 4.31 Å². The lowest BCUT2D eigenvalue weighted by molar-refractivity contribution is 0.594. The molecule has 0 saturated carbocycles. The molecule has 0 aliphatic carbocycles. The lowest BCUT2D eigenvalue weighted by atomic mass is 10.3. The summed E-state index contributed by atoms with van der Waals surface area (Å²) < 4.78 is 25.3. The molecule has 1 fully saturated rings. The quantitative estimate of drug-likeness (QED) is 0.822. The highest BCUT2D eigenvalue weighted by molar-refractivity contribution is 7.92. The van der Waals surface area contributed by atoms with Gasteiger partial charge in [-0.3, -0.25) is 4.31 Å². The maximum atomic E-state index is 11.9. The van der Waals surface area contributed by atoms with Gasteiger partial charge in [-0.1, -0.05) is 11.6 Å². The largest absolute Gasteiger partial charge is 0.314 e. The first-order valence-electron chi connectivity index (χ1n) is 5.06. The summed E-state index contributed by atoms with van der Waals surface area (Å²) in [6.45, 7) is 1.64. The third kappa shape index (κ3) is 2.48. The maximum absolute atomic E-state index is 11.9.